The minimum absolute atomic E-state index is 0.0927. The van der Waals surface area contributed by atoms with Crippen LogP contribution in [0.15, 0.2) is 72.0 Å². The van der Waals surface area contributed by atoms with E-state index in [1.54, 1.807) is 0 Å². The van der Waals surface area contributed by atoms with E-state index in [1.165, 1.54) is 37.8 Å². The molecule has 5 N–H and O–H groups in total. The topological polar surface area (TPSA) is 116 Å². The first kappa shape index (κ1) is 25.4. The number of hydrogen-bond acceptors (Lipinski definition) is 6. The molecule has 4 aromatic rings. The third-order valence-electron chi connectivity index (χ3n) is 7.20. The number of nitrogens with zero attached hydrogens (tertiary/aromatic N) is 3. The van der Waals surface area contributed by atoms with E-state index >= 15 is 0 Å². The van der Waals surface area contributed by atoms with Gasteiger partial charge in [0.05, 0.1) is 22.4 Å². The van der Waals surface area contributed by atoms with E-state index in [1.807, 2.05) is 48.5 Å². The number of nitrogens with one attached hydrogen (secondary N) is 5. The van der Waals surface area contributed by atoms with E-state index in [2.05, 4.69) is 57.9 Å². The number of aromatic nitrogens is 2. The molecule has 5 rings (SSSR count). The Bertz CT molecular complexity index is 1380. The number of hydrogen-bond donors (Lipinski definition) is 5. The second-order valence-electron chi connectivity index (χ2n) is 10.4. The minimum atomic E-state index is 0.0927. The Hall–Kier alpha value is -4.20. The fraction of sp³-hybridized carbons (Fsp3) is 0.333. The molecule has 0 radical (unpaired) electrons. The highest BCUT2D eigenvalue weighted by Gasteiger charge is 2.25. The summed E-state index contributed by atoms with van der Waals surface area (Å²) in [7, 11) is 0. The van der Waals surface area contributed by atoms with Gasteiger partial charge in [0.1, 0.15) is 5.84 Å². The number of H-pyrrole nitrogens is 1. The summed E-state index contributed by atoms with van der Waals surface area (Å²) in [4.78, 5) is 10.8. The van der Waals surface area contributed by atoms with Crippen molar-refractivity contribution in [1.82, 2.24) is 15.4 Å². The third-order valence-corrected chi connectivity index (χ3v) is 7.20. The first-order chi connectivity index (χ1) is 18.5. The van der Waals surface area contributed by atoms with Crippen LogP contribution in [0.2, 0.25) is 0 Å². The van der Waals surface area contributed by atoms with Gasteiger partial charge in [-0.2, -0.15) is 5.53 Å². The molecule has 1 aromatic heterocycles. The number of fused-ring (bicyclic) bond motifs is 1. The zero-order valence-corrected chi connectivity index (χ0v) is 22.1. The molecule has 3 aromatic carbocycles. The maximum absolute atomic E-state index is 8.37. The van der Waals surface area contributed by atoms with Crippen LogP contribution < -0.4 is 15.6 Å². The summed E-state index contributed by atoms with van der Waals surface area (Å²) in [6.45, 7) is 5.54. The highest BCUT2D eigenvalue weighted by atomic mass is 15.4. The Morgan fingerprint density at radius 1 is 1.05 bits per heavy atom. The summed E-state index contributed by atoms with van der Waals surface area (Å²) in [6.07, 6.45) is 6.28. The van der Waals surface area contributed by atoms with Gasteiger partial charge in [-0.05, 0) is 54.2 Å². The van der Waals surface area contributed by atoms with Crippen LogP contribution in [0.4, 0.5) is 17.3 Å². The molecule has 0 spiro atoms. The molecule has 0 amide bonds. The Morgan fingerprint density at radius 2 is 1.82 bits per heavy atom. The van der Waals surface area contributed by atoms with Crippen molar-refractivity contribution in [2.75, 3.05) is 16.8 Å². The second-order valence-corrected chi connectivity index (χ2v) is 10.4. The van der Waals surface area contributed by atoms with Crippen LogP contribution in [0.5, 0.6) is 0 Å². The fourth-order valence-corrected chi connectivity index (χ4v) is 5.49. The van der Waals surface area contributed by atoms with Crippen LogP contribution in [0.25, 0.3) is 22.2 Å². The molecule has 0 unspecified atom stereocenters. The predicted molar refractivity (Wildman–Crippen MR) is 155 cm³/mol. The van der Waals surface area contributed by atoms with Gasteiger partial charge < -0.3 is 15.2 Å². The second kappa shape index (κ2) is 11.5. The summed E-state index contributed by atoms with van der Waals surface area (Å²) < 4.78 is 0. The number of amidine groups is 1. The molecule has 8 heteroatoms. The first-order valence-electron chi connectivity index (χ1n) is 13.5. The molecule has 196 valence electrons. The highest BCUT2D eigenvalue weighted by Crippen LogP contribution is 2.38. The highest BCUT2D eigenvalue weighted by molar-refractivity contribution is 6.02. The Kier molecular flexibility index (Phi) is 7.67. The molecule has 0 bridgehead atoms. The molecule has 0 atom stereocenters. The number of aromatic amines is 1. The van der Waals surface area contributed by atoms with E-state index in [-0.39, 0.29) is 5.84 Å². The van der Waals surface area contributed by atoms with Crippen molar-refractivity contribution in [3.8, 4) is 11.1 Å². The molecule has 1 saturated carbocycles. The summed E-state index contributed by atoms with van der Waals surface area (Å²) >= 11 is 0. The molecule has 0 saturated heterocycles. The van der Waals surface area contributed by atoms with Crippen molar-refractivity contribution >= 4 is 34.2 Å². The average molecular weight is 509 g/mol. The SMILES string of the molecule is CC(C)CN(c1ccc(-c2ccccc2C(=N)NN=N)cc1Nc1nc2ccccc2[nH]1)C1CCCCC1. The smallest absolute Gasteiger partial charge is 0.205 e. The molecule has 1 fully saturated rings. The zero-order valence-electron chi connectivity index (χ0n) is 22.1. The van der Waals surface area contributed by atoms with Gasteiger partial charge in [0.15, 0.2) is 0 Å². The van der Waals surface area contributed by atoms with E-state index < -0.39 is 0 Å². The monoisotopic (exact) mass is 508 g/mol. The average Bonchev–Trinajstić information content (AvgIpc) is 3.35. The fourth-order valence-electron chi connectivity index (χ4n) is 5.49. The van der Waals surface area contributed by atoms with Crippen molar-refractivity contribution in [2.45, 2.75) is 52.0 Å². The lowest BCUT2D eigenvalue weighted by Gasteiger charge is -2.38. The van der Waals surface area contributed by atoms with Crippen molar-refractivity contribution in [1.29, 1.82) is 10.9 Å². The summed E-state index contributed by atoms with van der Waals surface area (Å²) in [5, 5.41) is 15.2. The number of para-hydroxylation sites is 2. The van der Waals surface area contributed by atoms with E-state index in [4.69, 9.17) is 15.9 Å². The maximum atomic E-state index is 8.37. The third kappa shape index (κ3) is 5.54. The molecule has 1 aliphatic rings. The Morgan fingerprint density at radius 3 is 2.58 bits per heavy atom. The zero-order chi connectivity index (χ0) is 26.5. The Labute approximate surface area is 223 Å². The lowest BCUT2D eigenvalue weighted by Crippen LogP contribution is -2.39. The number of rotatable bonds is 9. The maximum Gasteiger partial charge on any atom is 0.205 e. The van der Waals surface area contributed by atoms with Gasteiger partial charge >= 0.3 is 0 Å². The quantitative estimate of drug-likeness (QED) is 0.0691. The molecular formula is C30H36N8. The van der Waals surface area contributed by atoms with Gasteiger partial charge in [-0.1, -0.05) is 80.8 Å². The van der Waals surface area contributed by atoms with Crippen LogP contribution in [-0.2, 0) is 0 Å². The minimum Gasteiger partial charge on any atom is -0.367 e. The van der Waals surface area contributed by atoms with Gasteiger partial charge in [-0.3, -0.25) is 5.41 Å². The van der Waals surface area contributed by atoms with Gasteiger partial charge in [0, 0.05) is 18.2 Å². The predicted octanol–water partition coefficient (Wildman–Crippen LogP) is 7.63. The number of anilines is 3. The Balaban J connectivity index is 1.61. The van der Waals surface area contributed by atoms with Crippen molar-refractivity contribution in [3.63, 3.8) is 0 Å². The molecule has 38 heavy (non-hydrogen) atoms. The van der Waals surface area contributed by atoms with Crippen molar-refractivity contribution in [3.05, 3.63) is 72.3 Å². The van der Waals surface area contributed by atoms with Crippen LogP contribution in [0.3, 0.4) is 0 Å². The van der Waals surface area contributed by atoms with Crippen molar-refractivity contribution in [2.24, 2.45) is 11.1 Å². The van der Waals surface area contributed by atoms with Crippen LogP contribution in [0, 0.1) is 16.9 Å². The summed E-state index contributed by atoms with van der Waals surface area (Å²) in [5.41, 5.74) is 16.2. The molecule has 1 heterocycles. The lowest BCUT2D eigenvalue weighted by atomic mass is 9.92. The lowest BCUT2D eigenvalue weighted by molar-refractivity contribution is 0.401. The largest absolute Gasteiger partial charge is 0.367 e. The molecule has 8 nitrogen and oxygen atoms in total. The van der Waals surface area contributed by atoms with Crippen LogP contribution in [-0.4, -0.2) is 28.4 Å². The molecule has 1 aliphatic carbocycles. The standard InChI is InChI=1S/C30H36N8/c1-20(2)19-38(22-10-4-3-5-11-22)28-17-16-21(23-12-6-7-13-24(23)29(31)36-37-32)18-27(28)35-30-33-25-14-8-9-15-26(25)34-30/h6-9,12-18,20,22H,3-5,10-11,19H2,1-2H3,(H3,31,32,36)(H2,33,34,35). The number of imidazole rings is 1. The first-order valence-corrected chi connectivity index (χ1v) is 13.5. The van der Waals surface area contributed by atoms with Gasteiger partial charge in [0.2, 0.25) is 5.95 Å². The van der Waals surface area contributed by atoms with Gasteiger partial charge in [0.25, 0.3) is 0 Å². The number of benzene rings is 3. The van der Waals surface area contributed by atoms with Gasteiger partial charge in [-0.15, -0.1) is 0 Å². The normalized spacial score (nSPS) is 14.0. The van der Waals surface area contributed by atoms with Crippen LogP contribution >= 0.6 is 0 Å². The molecular weight excluding hydrogens is 472 g/mol. The van der Waals surface area contributed by atoms with Gasteiger partial charge in [-0.25, -0.2) is 10.4 Å². The summed E-state index contributed by atoms with van der Waals surface area (Å²) in [6, 6.07) is 22.8. The van der Waals surface area contributed by atoms with E-state index in [0.717, 1.165) is 34.4 Å². The van der Waals surface area contributed by atoms with Crippen LogP contribution in [0.1, 0.15) is 51.5 Å². The van der Waals surface area contributed by atoms with E-state index in [0.29, 0.717) is 23.5 Å². The summed E-state index contributed by atoms with van der Waals surface area (Å²) in [5.74, 6) is 1.32. The van der Waals surface area contributed by atoms with Crippen molar-refractivity contribution < 1.29 is 0 Å². The van der Waals surface area contributed by atoms with E-state index in [9.17, 15) is 0 Å². The molecule has 0 aliphatic heterocycles.